The van der Waals surface area contributed by atoms with Gasteiger partial charge in [-0.05, 0) is 41.7 Å². The Balaban J connectivity index is 1.87. The molecule has 0 fully saturated rings. The second-order valence-electron chi connectivity index (χ2n) is 8.86. The Kier molecular flexibility index (Phi) is 3.92. The number of rotatable bonds is 2. The maximum Gasteiger partial charge on any atom is 0.277 e. The molecule has 2 aromatic carbocycles. The van der Waals surface area contributed by atoms with Crippen LogP contribution in [0.15, 0.2) is 63.7 Å². The van der Waals surface area contributed by atoms with Crippen LogP contribution in [-0.2, 0) is 4.79 Å². The van der Waals surface area contributed by atoms with Crippen molar-refractivity contribution in [1.82, 2.24) is 9.36 Å². The zero-order chi connectivity index (χ0) is 22.1. The number of ketones is 1. The summed E-state index contributed by atoms with van der Waals surface area (Å²) in [6.07, 6.45) is 0.765. The number of nitro groups is 1. The molecule has 5 rings (SSSR count). The molecule has 3 aromatic rings. The van der Waals surface area contributed by atoms with Crippen molar-refractivity contribution in [2.45, 2.75) is 32.7 Å². The lowest BCUT2D eigenvalue weighted by molar-refractivity contribution is -0.384. The molecule has 31 heavy (non-hydrogen) atoms. The topological polar surface area (TPSA) is 104 Å². The van der Waals surface area contributed by atoms with Crippen molar-refractivity contribution < 1.29 is 9.72 Å². The fourth-order valence-corrected chi connectivity index (χ4v) is 4.78. The lowest BCUT2D eigenvalue weighted by Crippen LogP contribution is -2.37. The molecule has 0 amide bonds. The standard InChI is InChI=1S/C23H19N3O5/c1-23(2)11-17-19(18(27)12-23)20(13-7-9-14(10-8-13)26(30)31)25-22(29)16-6-4-3-5-15(16)21(28)24(17)25/h3-10,20H,11-12H2,1-2H3/t20-/m1/s1. The second-order valence-corrected chi connectivity index (χ2v) is 8.86. The average molecular weight is 417 g/mol. The predicted molar refractivity (Wildman–Crippen MR) is 115 cm³/mol. The van der Waals surface area contributed by atoms with E-state index in [1.807, 2.05) is 13.8 Å². The van der Waals surface area contributed by atoms with Gasteiger partial charge < -0.3 is 0 Å². The van der Waals surface area contributed by atoms with E-state index < -0.39 is 11.0 Å². The van der Waals surface area contributed by atoms with Gasteiger partial charge in [-0.2, -0.15) is 0 Å². The number of Topliss-reactive ketones (excluding diaryl/α,β-unsaturated/α-hetero) is 1. The molecule has 0 spiro atoms. The molecule has 1 aliphatic carbocycles. The number of nitrogens with zero attached hydrogens (tertiary/aromatic N) is 3. The van der Waals surface area contributed by atoms with E-state index in [2.05, 4.69) is 0 Å². The highest BCUT2D eigenvalue weighted by atomic mass is 16.6. The van der Waals surface area contributed by atoms with Gasteiger partial charge in [0.25, 0.3) is 16.8 Å². The summed E-state index contributed by atoms with van der Waals surface area (Å²) < 4.78 is 2.70. The molecule has 0 saturated heterocycles. The van der Waals surface area contributed by atoms with Gasteiger partial charge in [0.2, 0.25) is 0 Å². The molecule has 1 aromatic heterocycles. The minimum absolute atomic E-state index is 0.0877. The summed E-state index contributed by atoms with van der Waals surface area (Å²) in [5, 5.41) is 11.7. The third kappa shape index (κ3) is 2.71. The van der Waals surface area contributed by atoms with Crippen molar-refractivity contribution in [1.29, 1.82) is 0 Å². The third-order valence-corrected chi connectivity index (χ3v) is 6.09. The molecule has 8 heteroatoms. The van der Waals surface area contributed by atoms with Crippen molar-refractivity contribution in [2.75, 3.05) is 0 Å². The molecule has 156 valence electrons. The number of nitro benzene ring substituents is 1. The number of hydrogen-bond donors (Lipinski definition) is 0. The van der Waals surface area contributed by atoms with Crippen LogP contribution in [0.5, 0.6) is 0 Å². The summed E-state index contributed by atoms with van der Waals surface area (Å²) >= 11 is 0. The Labute approximate surface area is 176 Å². The van der Waals surface area contributed by atoms with Crippen LogP contribution in [0.2, 0.25) is 0 Å². The average Bonchev–Trinajstić information content (AvgIpc) is 3.06. The molecule has 0 N–H and O–H groups in total. The zero-order valence-corrected chi connectivity index (χ0v) is 17.0. The van der Waals surface area contributed by atoms with Crippen LogP contribution in [0.1, 0.15) is 38.3 Å². The second kappa shape index (κ2) is 6.34. The number of hydrogen-bond acceptors (Lipinski definition) is 5. The molecule has 0 radical (unpaired) electrons. The first-order valence-electron chi connectivity index (χ1n) is 9.97. The summed E-state index contributed by atoms with van der Waals surface area (Å²) in [5.74, 6) is -0.117. The van der Waals surface area contributed by atoms with E-state index >= 15 is 0 Å². The monoisotopic (exact) mass is 417 g/mol. The number of allylic oxidation sites excluding steroid dienone is 2. The maximum atomic E-state index is 13.5. The fraction of sp³-hybridized carbons (Fsp3) is 0.261. The Hall–Kier alpha value is -3.81. The first-order chi connectivity index (χ1) is 14.7. The van der Waals surface area contributed by atoms with Crippen molar-refractivity contribution in [3.8, 4) is 0 Å². The largest absolute Gasteiger partial charge is 0.294 e. The SMILES string of the molecule is CC1(C)CC(=O)C2=C(C1)n1c(=O)c3ccccc3c(=O)n1[C@@H]2c1ccc([N+](=O)[O-])cc1. The van der Waals surface area contributed by atoms with Gasteiger partial charge >= 0.3 is 0 Å². The van der Waals surface area contributed by atoms with Crippen molar-refractivity contribution in [3.05, 3.63) is 90.5 Å². The highest BCUT2D eigenvalue weighted by Crippen LogP contribution is 2.46. The minimum Gasteiger partial charge on any atom is -0.294 e. The molecular weight excluding hydrogens is 398 g/mol. The predicted octanol–water partition coefficient (Wildman–Crippen LogP) is 3.27. The van der Waals surface area contributed by atoms with Crippen LogP contribution in [-0.4, -0.2) is 20.1 Å². The van der Waals surface area contributed by atoms with E-state index in [4.69, 9.17) is 0 Å². The van der Waals surface area contributed by atoms with Crippen LogP contribution in [0.4, 0.5) is 5.69 Å². The lowest BCUT2D eigenvalue weighted by atomic mass is 9.74. The summed E-state index contributed by atoms with van der Waals surface area (Å²) in [7, 11) is 0. The van der Waals surface area contributed by atoms with Gasteiger partial charge in [-0.1, -0.05) is 26.0 Å². The fourth-order valence-electron chi connectivity index (χ4n) is 4.78. The van der Waals surface area contributed by atoms with E-state index in [0.29, 0.717) is 35.1 Å². The van der Waals surface area contributed by atoms with Crippen LogP contribution in [0, 0.1) is 15.5 Å². The Morgan fingerprint density at radius 1 is 0.935 bits per heavy atom. The number of aromatic nitrogens is 2. The lowest BCUT2D eigenvalue weighted by Gasteiger charge is -2.30. The van der Waals surface area contributed by atoms with Crippen LogP contribution < -0.4 is 11.1 Å². The van der Waals surface area contributed by atoms with Gasteiger partial charge in [0.15, 0.2) is 5.78 Å². The summed E-state index contributed by atoms with van der Waals surface area (Å²) in [6.45, 7) is 3.92. The van der Waals surface area contributed by atoms with E-state index in [1.54, 1.807) is 36.4 Å². The number of carbonyl (C=O) groups excluding carboxylic acids is 1. The van der Waals surface area contributed by atoms with Crippen LogP contribution in [0.3, 0.4) is 0 Å². The minimum atomic E-state index is -0.802. The Morgan fingerprint density at radius 2 is 1.55 bits per heavy atom. The molecular formula is C23H19N3O5. The molecule has 8 nitrogen and oxygen atoms in total. The van der Waals surface area contributed by atoms with Crippen molar-refractivity contribution in [2.24, 2.45) is 5.41 Å². The molecule has 0 saturated carbocycles. The molecule has 1 atom stereocenters. The van der Waals surface area contributed by atoms with Gasteiger partial charge in [0, 0.05) is 24.1 Å². The van der Waals surface area contributed by atoms with Gasteiger partial charge in [0.05, 0.1) is 21.4 Å². The van der Waals surface area contributed by atoms with E-state index in [1.165, 1.54) is 21.5 Å². The quantitative estimate of drug-likeness (QED) is 0.470. The first kappa shape index (κ1) is 19.2. The van der Waals surface area contributed by atoms with Crippen LogP contribution in [0.25, 0.3) is 16.5 Å². The number of non-ortho nitro benzene ring substituents is 1. The van der Waals surface area contributed by atoms with Gasteiger partial charge in [-0.3, -0.25) is 24.5 Å². The maximum absolute atomic E-state index is 13.5. The van der Waals surface area contributed by atoms with E-state index in [9.17, 15) is 24.5 Å². The molecule has 2 aliphatic rings. The Bertz CT molecular complexity index is 1440. The van der Waals surface area contributed by atoms with Crippen LogP contribution >= 0.6 is 0 Å². The number of benzene rings is 2. The molecule has 0 bridgehead atoms. The summed E-state index contributed by atoms with van der Waals surface area (Å²) in [4.78, 5) is 50.7. The highest BCUT2D eigenvalue weighted by Gasteiger charge is 2.44. The van der Waals surface area contributed by atoms with Crippen molar-refractivity contribution in [3.63, 3.8) is 0 Å². The third-order valence-electron chi connectivity index (χ3n) is 6.09. The smallest absolute Gasteiger partial charge is 0.277 e. The molecule has 0 unspecified atom stereocenters. The van der Waals surface area contributed by atoms with Crippen molar-refractivity contribution >= 4 is 27.9 Å². The summed E-state index contributed by atoms with van der Waals surface area (Å²) in [6, 6.07) is 11.6. The first-order valence-corrected chi connectivity index (χ1v) is 9.97. The van der Waals surface area contributed by atoms with E-state index in [-0.39, 0.29) is 33.4 Å². The molecule has 1 aliphatic heterocycles. The summed E-state index contributed by atoms with van der Waals surface area (Å²) in [5.41, 5.74) is 0.340. The number of carbonyl (C=O) groups is 1. The Morgan fingerprint density at radius 3 is 2.16 bits per heavy atom. The van der Waals surface area contributed by atoms with E-state index in [0.717, 1.165) is 0 Å². The van der Waals surface area contributed by atoms with Gasteiger partial charge in [-0.25, -0.2) is 9.36 Å². The van der Waals surface area contributed by atoms with Gasteiger partial charge in [-0.15, -0.1) is 0 Å². The zero-order valence-electron chi connectivity index (χ0n) is 17.0. The highest BCUT2D eigenvalue weighted by molar-refractivity contribution is 6.04. The molecule has 2 heterocycles. The number of fused-ring (bicyclic) bond motifs is 3. The normalized spacial score (nSPS) is 19.4. The van der Waals surface area contributed by atoms with Gasteiger partial charge in [0.1, 0.15) is 6.04 Å².